The number of ether oxygens (including phenoxy) is 1. The summed E-state index contributed by atoms with van der Waals surface area (Å²) in [6, 6.07) is 0. The van der Waals surface area contributed by atoms with Gasteiger partial charge in [0.15, 0.2) is 0 Å². The van der Waals surface area contributed by atoms with E-state index in [0.717, 1.165) is 13.0 Å². The van der Waals surface area contributed by atoms with Crippen LogP contribution in [0.3, 0.4) is 0 Å². The van der Waals surface area contributed by atoms with Crippen molar-refractivity contribution in [3.8, 4) is 0 Å². The van der Waals surface area contributed by atoms with E-state index < -0.39 is 0 Å². The van der Waals surface area contributed by atoms with Gasteiger partial charge < -0.3 is 15.0 Å². The molecule has 0 aromatic carbocycles. The van der Waals surface area contributed by atoms with Crippen molar-refractivity contribution in [1.82, 2.24) is 9.55 Å². The lowest BCUT2D eigenvalue weighted by molar-refractivity contribution is 0.102. The molecule has 0 aliphatic carbocycles. The summed E-state index contributed by atoms with van der Waals surface area (Å²) in [5, 5.41) is 0. The Kier molecular flexibility index (Phi) is 3.92. The number of rotatable bonds is 5. The molecule has 4 heteroatoms. The summed E-state index contributed by atoms with van der Waals surface area (Å²) in [5.41, 5.74) is 6.65. The molecule has 1 aromatic rings. The lowest BCUT2D eigenvalue weighted by atomic mass is 10.3. The molecule has 0 spiro atoms. The standard InChI is InChI=1S/C9H17N3O/c1-8(13-2)6-12-7-11-5-9(12)3-4-10/h5,7-8H,3-4,6,10H2,1-2H3. The van der Waals surface area contributed by atoms with E-state index in [1.54, 1.807) is 7.11 Å². The molecule has 1 unspecified atom stereocenters. The van der Waals surface area contributed by atoms with Crippen LogP contribution in [0.2, 0.25) is 0 Å². The van der Waals surface area contributed by atoms with Crippen LogP contribution in [0.25, 0.3) is 0 Å². The Hall–Kier alpha value is -0.870. The largest absolute Gasteiger partial charge is 0.380 e. The number of methoxy groups -OCH3 is 1. The molecule has 0 amide bonds. The van der Waals surface area contributed by atoms with Crippen LogP contribution in [0, 0.1) is 0 Å². The predicted molar refractivity (Wildman–Crippen MR) is 51.5 cm³/mol. The van der Waals surface area contributed by atoms with Crippen molar-refractivity contribution >= 4 is 0 Å². The zero-order valence-electron chi connectivity index (χ0n) is 8.23. The van der Waals surface area contributed by atoms with Gasteiger partial charge in [-0.05, 0) is 13.5 Å². The Balaban J connectivity index is 2.59. The quantitative estimate of drug-likeness (QED) is 0.719. The third kappa shape index (κ3) is 2.82. The number of nitrogens with zero attached hydrogens (tertiary/aromatic N) is 2. The third-order valence-electron chi connectivity index (χ3n) is 2.06. The molecule has 0 saturated carbocycles. The van der Waals surface area contributed by atoms with E-state index in [2.05, 4.69) is 9.55 Å². The lowest BCUT2D eigenvalue weighted by Gasteiger charge is -2.12. The van der Waals surface area contributed by atoms with E-state index in [9.17, 15) is 0 Å². The van der Waals surface area contributed by atoms with Crippen molar-refractivity contribution in [2.45, 2.75) is 26.0 Å². The van der Waals surface area contributed by atoms with E-state index >= 15 is 0 Å². The van der Waals surface area contributed by atoms with Crippen LogP contribution < -0.4 is 5.73 Å². The highest BCUT2D eigenvalue weighted by Gasteiger charge is 2.04. The topological polar surface area (TPSA) is 53.1 Å². The summed E-state index contributed by atoms with van der Waals surface area (Å²) in [6.45, 7) is 3.53. The molecule has 4 nitrogen and oxygen atoms in total. The molecule has 0 fully saturated rings. The van der Waals surface area contributed by atoms with Gasteiger partial charge in [-0.2, -0.15) is 0 Å². The summed E-state index contributed by atoms with van der Waals surface area (Å²) in [5.74, 6) is 0. The zero-order valence-corrected chi connectivity index (χ0v) is 8.23. The fourth-order valence-electron chi connectivity index (χ4n) is 1.22. The highest BCUT2D eigenvalue weighted by molar-refractivity contribution is 4.99. The molecule has 13 heavy (non-hydrogen) atoms. The molecule has 0 aliphatic heterocycles. The van der Waals surface area contributed by atoms with Crippen LogP contribution in [-0.4, -0.2) is 29.3 Å². The molecule has 0 bridgehead atoms. The minimum Gasteiger partial charge on any atom is -0.380 e. The van der Waals surface area contributed by atoms with E-state index in [0.29, 0.717) is 6.54 Å². The average Bonchev–Trinajstić information content (AvgIpc) is 2.54. The number of aromatic nitrogens is 2. The van der Waals surface area contributed by atoms with Crippen LogP contribution in [0.4, 0.5) is 0 Å². The van der Waals surface area contributed by atoms with Gasteiger partial charge in [0.2, 0.25) is 0 Å². The Morgan fingerprint density at radius 1 is 1.69 bits per heavy atom. The molecule has 1 atom stereocenters. The first-order valence-corrected chi connectivity index (χ1v) is 4.49. The van der Waals surface area contributed by atoms with Crippen LogP contribution in [-0.2, 0) is 17.7 Å². The second-order valence-corrected chi connectivity index (χ2v) is 3.12. The number of hydrogen-bond acceptors (Lipinski definition) is 3. The lowest BCUT2D eigenvalue weighted by Crippen LogP contribution is -2.17. The van der Waals surface area contributed by atoms with Crippen LogP contribution >= 0.6 is 0 Å². The van der Waals surface area contributed by atoms with Crippen molar-refractivity contribution in [3.05, 3.63) is 18.2 Å². The first-order chi connectivity index (χ1) is 6.27. The molecule has 1 rings (SSSR count). The van der Waals surface area contributed by atoms with Crippen LogP contribution in [0.5, 0.6) is 0 Å². The molecule has 2 N–H and O–H groups in total. The molecule has 0 saturated heterocycles. The minimum absolute atomic E-state index is 0.214. The van der Waals surface area contributed by atoms with Crippen LogP contribution in [0.1, 0.15) is 12.6 Å². The van der Waals surface area contributed by atoms with Gasteiger partial charge in [-0.15, -0.1) is 0 Å². The number of hydrogen-bond donors (Lipinski definition) is 1. The van der Waals surface area contributed by atoms with Crippen molar-refractivity contribution < 1.29 is 4.74 Å². The Bertz CT molecular complexity index is 247. The van der Waals surface area contributed by atoms with Gasteiger partial charge in [0, 0.05) is 32.0 Å². The first kappa shape index (κ1) is 10.2. The van der Waals surface area contributed by atoms with E-state index in [1.165, 1.54) is 5.69 Å². The fourth-order valence-corrected chi connectivity index (χ4v) is 1.22. The normalized spacial score (nSPS) is 13.2. The number of imidazole rings is 1. The minimum atomic E-state index is 0.214. The second-order valence-electron chi connectivity index (χ2n) is 3.12. The zero-order chi connectivity index (χ0) is 9.68. The Labute approximate surface area is 78.7 Å². The van der Waals surface area contributed by atoms with Gasteiger partial charge in [-0.25, -0.2) is 4.98 Å². The third-order valence-corrected chi connectivity index (χ3v) is 2.06. The maximum absolute atomic E-state index is 5.48. The first-order valence-electron chi connectivity index (χ1n) is 4.49. The molecular weight excluding hydrogens is 166 g/mol. The van der Waals surface area contributed by atoms with E-state index in [-0.39, 0.29) is 6.10 Å². The van der Waals surface area contributed by atoms with Crippen molar-refractivity contribution in [2.24, 2.45) is 5.73 Å². The maximum Gasteiger partial charge on any atom is 0.0949 e. The van der Waals surface area contributed by atoms with Gasteiger partial charge >= 0.3 is 0 Å². The molecule has 0 aliphatic rings. The van der Waals surface area contributed by atoms with Gasteiger partial charge in [-0.3, -0.25) is 0 Å². The second kappa shape index (κ2) is 4.99. The highest BCUT2D eigenvalue weighted by Crippen LogP contribution is 2.02. The SMILES string of the molecule is COC(C)Cn1cncc1CCN. The van der Waals surface area contributed by atoms with Crippen molar-refractivity contribution in [1.29, 1.82) is 0 Å². The fraction of sp³-hybridized carbons (Fsp3) is 0.667. The summed E-state index contributed by atoms with van der Waals surface area (Å²) in [4.78, 5) is 4.08. The average molecular weight is 183 g/mol. The molecule has 1 aromatic heterocycles. The van der Waals surface area contributed by atoms with Gasteiger partial charge in [0.25, 0.3) is 0 Å². The van der Waals surface area contributed by atoms with Crippen molar-refractivity contribution in [2.75, 3.05) is 13.7 Å². The van der Waals surface area contributed by atoms with Crippen LogP contribution in [0.15, 0.2) is 12.5 Å². The Morgan fingerprint density at radius 3 is 3.08 bits per heavy atom. The van der Waals surface area contributed by atoms with Gasteiger partial charge in [0.05, 0.1) is 12.4 Å². The van der Waals surface area contributed by atoms with Gasteiger partial charge in [0.1, 0.15) is 0 Å². The molecular formula is C9H17N3O. The van der Waals surface area contributed by atoms with Crippen molar-refractivity contribution in [3.63, 3.8) is 0 Å². The summed E-state index contributed by atoms with van der Waals surface area (Å²) >= 11 is 0. The predicted octanol–water partition coefficient (Wildman–Crippen LogP) is 0.419. The monoisotopic (exact) mass is 183 g/mol. The summed E-state index contributed by atoms with van der Waals surface area (Å²) in [7, 11) is 1.71. The summed E-state index contributed by atoms with van der Waals surface area (Å²) < 4.78 is 7.26. The van der Waals surface area contributed by atoms with E-state index in [4.69, 9.17) is 10.5 Å². The number of nitrogens with two attached hydrogens (primary N) is 1. The van der Waals surface area contributed by atoms with E-state index in [1.807, 2.05) is 19.4 Å². The molecule has 74 valence electrons. The smallest absolute Gasteiger partial charge is 0.0949 e. The summed E-state index contributed by atoms with van der Waals surface area (Å²) in [6.07, 6.45) is 4.76. The van der Waals surface area contributed by atoms with Gasteiger partial charge in [-0.1, -0.05) is 0 Å². The maximum atomic E-state index is 5.48. The molecule has 1 heterocycles. The highest BCUT2D eigenvalue weighted by atomic mass is 16.5. The molecule has 0 radical (unpaired) electrons. The Morgan fingerprint density at radius 2 is 2.46 bits per heavy atom.